The summed E-state index contributed by atoms with van der Waals surface area (Å²) in [5, 5.41) is 20.8. The molecule has 1 aromatic carbocycles. The van der Waals surface area contributed by atoms with Crippen LogP contribution >= 0.6 is 0 Å². The minimum absolute atomic E-state index is 0.0809. The van der Waals surface area contributed by atoms with Crippen molar-refractivity contribution in [2.45, 2.75) is 6.54 Å². The molecule has 7 nitrogen and oxygen atoms in total. The summed E-state index contributed by atoms with van der Waals surface area (Å²) in [4.78, 5) is 10.3. The summed E-state index contributed by atoms with van der Waals surface area (Å²) < 4.78 is 1.97. The number of hydrogen-bond acceptors (Lipinski definition) is 4. The molecule has 1 aromatic heterocycles. The van der Waals surface area contributed by atoms with Gasteiger partial charge in [0.05, 0.1) is 18.0 Å². The molecule has 2 heterocycles. The van der Waals surface area contributed by atoms with Gasteiger partial charge < -0.3 is 0 Å². The predicted octanol–water partition coefficient (Wildman–Crippen LogP) is 0.698. The van der Waals surface area contributed by atoms with E-state index in [2.05, 4.69) is 15.5 Å². The van der Waals surface area contributed by atoms with Crippen LogP contribution in [0.15, 0.2) is 24.3 Å². The van der Waals surface area contributed by atoms with E-state index in [-0.39, 0.29) is 5.69 Å². The molecule has 3 rings (SSSR count). The maximum absolute atomic E-state index is 10.7. The lowest BCUT2D eigenvalue weighted by Crippen LogP contribution is -2.31. The second-order valence-electron chi connectivity index (χ2n) is 3.78. The third-order valence-electron chi connectivity index (χ3n) is 2.74. The minimum atomic E-state index is -0.400. The number of nitro groups is 1. The lowest BCUT2D eigenvalue weighted by molar-refractivity contribution is -0.659. The molecule has 0 saturated carbocycles. The Kier molecular flexibility index (Phi) is 2.04. The normalized spacial score (nSPS) is 13.2. The van der Waals surface area contributed by atoms with Crippen LogP contribution in [0.1, 0.15) is 0 Å². The van der Waals surface area contributed by atoms with E-state index in [9.17, 15) is 10.1 Å². The van der Waals surface area contributed by atoms with Crippen LogP contribution < -0.4 is 9.88 Å². The average Bonchev–Trinajstić information content (AvgIpc) is 2.90. The Bertz CT molecular complexity index is 592. The van der Waals surface area contributed by atoms with Crippen molar-refractivity contribution in [3.63, 3.8) is 0 Å². The van der Waals surface area contributed by atoms with Crippen molar-refractivity contribution in [1.82, 2.24) is 10.2 Å². The molecule has 0 spiro atoms. The van der Waals surface area contributed by atoms with Crippen LogP contribution in [0.4, 0.5) is 11.6 Å². The van der Waals surface area contributed by atoms with Crippen molar-refractivity contribution in [3.05, 3.63) is 34.4 Å². The van der Waals surface area contributed by atoms with Gasteiger partial charge in [-0.1, -0.05) is 6.07 Å². The fourth-order valence-corrected chi connectivity index (χ4v) is 1.95. The molecule has 2 aromatic rings. The van der Waals surface area contributed by atoms with E-state index in [1.807, 2.05) is 10.6 Å². The summed E-state index contributed by atoms with van der Waals surface area (Å²) in [6, 6.07) is 6.51. The fraction of sp³-hybridized carbons (Fsp3) is 0.200. The molecule has 0 aliphatic carbocycles. The first-order chi connectivity index (χ1) is 8.25. The van der Waals surface area contributed by atoms with E-state index >= 15 is 0 Å². The molecule has 0 radical (unpaired) electrons. The first-order valence-corrected chi connectivity index (χ1v) is 5.22. The van der Waals surface area contributed by atoms with Gasteiger partial charge >= 0.3 is 5.95 Å². The molecule has 0 unspecified atom stereocenters. The summed E-state index contributed by atoms with van der Waals surface area (Å²) in [6.45, 7) is 1.64. The Morgan fingerprint density at radius 2 is 2.35 bits per heavy atom. The number of nitro benzene ring substituents is 1. The van der Waals surface area contributed by atoms with Crippen molar-refractivity contribution < 1.29 is 9.49 Å². The summed E-state index contributed by atoms with van der Waals surface area (Å²) in [5.41, 5.74) is 0.846. The van der Waals surface area contributed by atoms with Crippen molar-refractivity contribution in [2.75, 3.05) is 11.9 Å². The van der Waals surface area contributed by atoms with Crippen LogP contribution in [0.3, 0.4) is 0 Å². The van der Waals surface area contributed by atoms with E-state index in [1.54, 1.807) is 12.1 Å². The third-order valence-corrected chi connectivity index (χ3v) is 2.74. The number of nitrogens with zero attached hydrogens (tertiary/aromatic N) is 3. The van der Waals surface area contributed by atoms with Crippen LogP contribution in [0, 0.1) is 10.1 Å². The quantitative estimate of drug-likeness (QED) is 0.453. The molecule has 2 N–H and O–H groups in total. The maximum Gasteiger partial charge on any atom is 0.378 e. The Morgan fingerprint density at radius 3 is 3.18 bits per heavy atom. The second kappa shape index (κ2) is 3.55. The zero-order valence-corrected chi connectivity index (χ0v) is 8.88. The van der Waals surface area contributed by atoms with Crippen LogP contribution in [-0.4, -0.2) is 21.7 Å². The van der Waals surface area contributed by atoms with Crippen molar-refractivity contribution in [3.8, 4) is 11.4 Å². The highest BCUT2D eigenvalue weighted by molar-refractivity contribution is 5.57. The van der Waals surface area contributed by atoms with Crippen LogP contribution in [0.2, 0.25) is 0 Å². The van der Waals surface area contributed by atoms with E-state index in [0.29, 0.717) is 0 Å². The number of nitrogens with one attached hydrogen (secondary N) is 2. The summed E-state index contributed by atoms with van der Waals surface area (Å²) in [5.74, 6) is 1.56. The first-order valence-electron chi connectivity index (χ1n) is 5.22. The number of fused-ring (bicyclic) bond motifs is 1. The molecule has 7 heteroatoms. The number of aromatic nitrogens is 3. The topological polar surface area (TPSA) is 87.7 Å². The number of non-ortho nitro benzene ring substituents is 1. The van der Waals surface area contributed by atoms with Gasteiger partial charge in [0.2, 0.25) is 5.82 Å². The number of benzene rings is 1. The number of H-pyrrole nitrogens is 1. The SMILES string of the molecule is O=[N+]([O-])c1cccc(-c2[nH]nc3[n+]2CCN3)c1. The molecule has 0 amide bonds. The highest BCUT2D eigenvalue weighted by atomic mass is 16.6. The third kappa shape index (κ3) is 1.52. The van der Waals surface area contributed by atoms with Gasteiger partial charge in [-0.3, -0.25) is 15.4 Å². The largest absolute Gasteiger partial charge is 0.378 e. The van der Waals surface area contributed by atoms with E-state index in [1.165, 1.54) is 6.07 Å². The molecule has 86 valence electrons. The van der Waals surface area contributed by atoms with Gasteiger partial charge in [0.1, 0.15) is 0 Å². The highest BCUT2D eigenvalue weighted by Crippen LogP contribution is 2.21. The number of anilines is 1. The Morgan fingerprint density at radius 1 is 1.47 bits per heavy atom. The fourth-order valence-electron chi connectivity index (χ4n) is 1.95. The van der Waals surface area contributed by atoms with Gasteiger partial charge in [-0.25, -0.2) is 4.57 Å². The molecule has 0 saturated heterocycles. The van der Waals surface area contributed by atoms with Crippen LogP contribution in [-0.2, 0) is 6.54 Å². The van der Waals surface area contributed by atoms with Crippen LogP contribution in [0.5, 0.6) is 0 Å². The van der Waals surface area contributed by atoms with Gasteiger partial charge in [0, 0.05) is 22.8 Å². The van der Waals surface area contributed by atoms with E-state index in [4.69, 9.17) is 0 Å². The molecular weight excluding hydrogens is 222 g/mol. The maximum atomic E-state index is 10.7. The minimum Gasteiger partial charge on any atom is -0.289 e. The number of aromatic amines is 1. The van der Waals surface area contributed by atoms with Gasteiger partial charge in [-0.05, 0) is 6.07 Å². The lowest BCUT2D eigenvalue weighted by Gasteiger charge is -1.97. The Labute approximate surface area is 96.2 Å². The highest BCUT2D eigenvalue weighted by Gasteiger charge is 2.25. The van der Waals surface area contributed by atoms with Crippen LogP contribution in [0.25, 0.3) is 11.4 Å². The number of hydrogen-bond donors (Lipinski definition) is 2. The number of rotatable bonds is 2. The standard InChI is InChI=1S/C10H9N5O2/c16-15(17)8-3-1-2-7(6-8)9-12-13-10-11-4-5-14(9)10/h1-3,6H,4-5H2,(H,11,13)/p+1. The Balaban J connectivity index is 2.09. The van der Waals surface area contributed by atoms with Gasteiger partial charge in [-0.2, -0.15) is 5.10 Å². The first kappa shape index (κ1) is 9.76. The molecule has 1 aliphatic heterocycles. The molecular formula is C10H10N5O2+. The summed E-state index contributed by atoms with van der Waals surface area (Å²) >= 11 is 0. The van der Waals surface area contributed by atoms with Gasteiger partial charge in [-0.15, -0.1) is 0 Å². The molecule has 0 bridgehead atoms. The zero-order chi connectivity index (χ0) is 11.8. The molecule has 0 atom stereocenters. The summed E-state index contributed by atoms with van der Waals surface area (Å²) in [6.07, 6.45) is 0. The van der Waals surface area contributed by atoms with Gasteiger partial charge in [0.25, 0.3) is 5.69 Å². The van der Waals surface area contributed by atoms with Crippen molar-refractivity contribution in [1.29, 1.82) is 0 Å². The molecule has 17 heavy (non-hydrogen) atoms. The lowest BCUT2D eigenvalue weighted by atomic mass is 10.2. The van der Waals surface area contributed by atoms with Crippen molar-refractivity contribution >= 4 is 11.6 Å². The predicted molar refractivity (Wildman–Crippen MR) is 59.4 cm³/mol. The van der Waals surface area contributed by atoms with E-state index < -0.39 is 4.92 Å². The van der Waals surface area contributed by atoms with Gasteiger partial charge in [0.15, 0.2) is 0 Å². The molecule has 0 fully saturated rings. The van der Waals surface area contributed by atoms with Crippen molar-refractivity contribution in [2.24, 2.45) is 0 Å². The molecule has 1 aliphatic rings. The summed E-state index contributed by atoms with van der Waals surface area (Å²) in [7, 11) is 0. The average molecular weight is 232 g/mol. The zero-order valence-electron chi connectivity index (χ0n) is 8.88. The van der Waals surface area contributed by atoms with E-state index in [0.717, 1.165) is 30.4 Å². The Hall–Kier alpha value is -2.44. The smallest absolute Gasteiger partial charge is 0.289 e. The second-order valence-corrected chi connectivity index (χ2v) is 3.78. The monoisotopic (exact) mass is 232 g/mol.